The summed E-state index contributed by atoms with van der Waals surface area (Å²) in [6, 6.07) is 8.91. The topological polar surface area (TPSA) is 53.0 Å². The molecule has 1 heterocycles. The molecule has 132 valence electrons. The third-order valence-corrected chi connectivity index (χ3v) is 5.14. The maximum Gasteiger partial charge on any atom is 0.224 e. The van der Waals surface area contributed by atoms with Crippen molar-refractivity contribution in [2.24, 2.45) is 0 Å². The zero-order valence-electron chi connectivity index (χ0n) is 14.3. The van der Waals surface area contributed by atoms with Crippen molar-refractivity contribution < 1.29 is 14.6 Å². The van der Waals surface area contributed by atoms with Crippen molar-refractivity contribution in [2.45, 2.75) is 31.7 Å². The molecule has 1 amide bonds. The van der Waals surface area contributed by atoms with Crippen LogP contribution in [0.25, 0.3) is 0 Å². The average molecular weight is 332 g/mol. The highest BCUT2D eigenvalue weighted by Gasteiger charge is 2.26. The molecule has 1 aromatic rings. The van der Waals surface area contributed by atoms with Gasteiger partial charge in [-0.2, -0.15) is 0 Å². The zero-order valence-corrected chi connectivity index (χ0v) is 14.3. The van der Waals surface area contributed by atoms with Gasteiger partial charge < -0.3 is 14.7 Å². The number of morpholine rings is 1. The quantitative estimate of drug-likeness (QED) is 0.860. The lowest BCUT2D eigenvalue weighted by molar-refractivity contribution is -0.135. The summed E-state index contributed by atoms with van der Waals surface area (Å²) in [5.74, 6) is 0.199. The summed E-state index contributed by atoms with van der Waals surface area (Å²) in [7, 11) is 0. The van der Waals surface area contributed by atoms with Gasteiger partial charge in [0.1, 0.15) is 0 Å². The first kappa shape index (κ1) is 17.4. The van der Waals surface area contributed by atoms with Crippen molar-refractivity contribution in [3.63, 3.8) is 0 Å². The number of aryl methyl sites for hydroxylation is 1. The Morgan fingerprint density at radius 1 is 1.25 bits per heavy atom. The number of carbonyl (C=O) groups is 1. The molecule has 3 rings (SSSR count). The number of fused-ring (bicyclic) bond motifs is 1. The fraction of sp³-hybridized carbons (Fsp3) is 0.632. The lowest BCUT2D eigenvalue weighted by Gasteiger charge is -2.36. The number of nitrogens with zero attached hydrogens (tertiary/aromatic N) is 2. The SMILES string of the molecule is O=C(CCN(CCO)[C@@H]1CCCc2ccccc21)N1CCOCC1. The Hall–Kier alpha value is -1.43. The largest absolute Gasteiger partial charge is 0.395 e. The number of aliphatic hydroxyl groups excluding tert-OH is 1. The van der Waals surface area contributed by atoms with Crippen LogP contribution < -0.4 is 0 Å². The third-order valence-electron chi connectivity index (χ3n) is 5.14. The van der Waals surface area contributed by atoms with Gasteiger partial charge in [0.2, 0.25) is 5.91 Å². The molecule has 1 aromatic carbocycles. The molecule has 0 aromatic heterocycles. The third kappa shape index (κ3) is 4.15. The molecule has 1 aliphatic carbocycles. The molecule has 0 spiro atoms. The van der Waals surface area contributed by atoms with E-state index in [4.69, 9.17) is 4.74 Å². The Morgan fingerprint density at radius 3 is 2.83 bits per heavy atom. The lowest BCUT2D eigenvalue weighted by Crippen LogP contribution is -2.43. The second-order valence-corrected chi connectivity index (χ2v) is 6.61. The summed E-state index contributed by atoms with van der Waals surface area (Å²) in [6.07, 6.45) is 3.91. The molecule has 2 aliphatic rings. The van der Waals surface area contributed by atoms with Crippen molar-refractivity contribution in [3.8, 4) is 0 Å². The van der Waals surface area contributed by atoms with Crippen LogP contribution >= 0.6 is 0 Å². The van der Waals surface area contributed by atoms with E-state index in [1.807, 2.05) is 4.90 Å². The van der Waals surface area contributed by atoms with E-state index in [0.717, 1.165) is 12.8 Å². The lowest BCUT2D eigenvalue weighted by atomic mass is 9.86. The number of carbonyl (C=O) groups excluding carboxylic acids is 1. The molecule has 1 atom stereocenters. The van der Waals surface area contributed by atoms with Crippen molar-refractivity contribution in [1.82, 2.24) is 9.80 Å². The predicted octanol–water partition coefficient (Wildman–Crippen LogP) is 1.61. The van der Waals surface area contributed by atoms with Gasteiger partial charge in [-0.15, -0.1) is 0 Å². The predicted molar refractivity (Wildman–Crippen MR) is 92.8 cm³/mol. The van der Waals surface area contributed by atoms with E-state index in [9.17, 15) is 9.90 Å². The minimum Gasteiger partial charge on any atom is -0.395 e. The highest BCUT2D eigenvalue weighted by atomic mass is 16.5. The van der Waals surface area contributed by atoms with Gasteiger partial charge in [-0.25, -0.2) is 0 Å². The van der Waals surface area contributed by atoms with Gasteiger partial charge in [0, 0.05) is 38.6 Å². The second-order valence-electron chi connectivity index (χ2n) is 6.61. The van der Waals surface area contributed by atoms with Crippen LogP contribution in [0.1, 0.15) is 36.4 Å². The first-order valence-electron chi connectivity index (χ1n) is 9.08. The molecule has 0 saturated carbocycles. The Labute approximate surface area is 144 Å². The summed E-state index contributed by atoms with van der Waals surface area (Å²) in [4.78, 5) is 16.6. The molecule has 0 radical (unpaired) electrons. The van der Waals surface area contributed by atoms with E-state index >= 15 is 0 Å². The summed E-state index contributed by atoms with van der Waals surface area (Å²) >= 11 is 0. The van der Waals surface area contributed by atoms with Gasteiger partial charge in [-0.05, 0) is 30.4 Å². The molecule has 0 bridgehead atoms. The molecule has 5 heteroatoms. The fourth-order valence-electron chi connectivity index (χ4n) is 3.87. The van der Waals surface area contributed by atoms with E-state index in [0.29, 0.717) is 51.9 Å². The van der Waals surface area contributed by atoms with Gasteiger partial charge in [0.15, 0.2) is 0 Å². The van der Waals surface area contributed by atoms with E-state index in [-0.39, 0.29) is 12.5 Å². The summed E-state index contributed by atoms with van der Waals surface area (Å²) < 4.78 is 5.31. The molecule has 1 N–H and O–H groups in total. The van der Waals surface area contributed by atoms with Crippen LogP contribution in [0.3, 0.4) is 0 Å². The van der Waals surface area contributed by atoms with Crippen molar-refractivity contribution in [2.75, 3.05) is 46.0 Å². The first-order chi connectivity index (χ1) is 11.8. The molecular weight excluding hydrogens is 304 g/mol. The maximum absolute atomic E-state index is 12.4. The fourth-order valence-corrected chi connectivity index (χ4v) is 3.87. The van der Waals surface area contributed by atoms with Gasteiger partial charge in [-0.1, -0.05) is 24.3 Å². The smallest absolute Gasteiger partial charge is 0.224 e. The van der Waals surface area contributed by atoms with Crippen LogP contribution in [0.2, 0.25) is 0 Å². The molecule has 24 heavy (non-hydrogen) atoms. The minimum atomic E-state index is 0.129. The molecular formula is C19H28N2O3. The highest BCUT2D eigenvalue weighted by molar-refractivity contribution is 5.76. The minimum absolute atomic E-state index is 0.129. The van der Waals surface area contributed by atoms with E-state index in [2.05, 4.69) is 29.2 Å². The van der Waals surface area contributed by atoms with Gasteiger partial charge in [0.25, 0.3) is 0 Å². The van der Waals surface area contributed by atoms with Crippen molar-refractivity contribution >= 4 is 5.91 Å². The van der Waals surface area contributed by atoms with E-state index in [1.165, 1.54) is 17.5 Å². The van der Waals surface area contributed by atoms with Crippen LogP contribution in [0.15, 0.2) is 24.3 Å². The molecule has 0 unspecified atom stereocenters. The molecule has 5 nitrogen and oxygen atoms in total. The summed E-state index contributed by atoms with van der Waals surface area (Å²) in [6.45, 7) is 4.13. The van der Waals surface area contributed by atoms with Crippen LogP contribution in [0, 0.1) is 0 Å². The van der Waals surface area contributed by atoms with Gasteiger partial charge >= 0.3 is 0 Å². The Kier molecular flexibility index (Phi) is 6.24. The maximum atomic E-state index is 12.4. The number of hydrogen-bond acceptors (Lipinski definition) is 4. The number of aliphatic hydroxyl groups is 1. The van der Waals surface area contributed by atoms with Crippen LogP contribution in [0.5, 0.6) is 0 Å². The van der Waals surface area contributed by atoms with Crippen molar-refractivity contribution in [1.29, 1.82) is 0 Å². The first-order valence-corrected chi connectivity index (χ1v) is 9.08. The zero-order chi connectivity index (χ0) is 16.8. The molecule has 1 fully saturated rings. The van der Waals surface area contributed by atoms with Crippen molar-refractivity contribution in [3.05, 3.63) is 35.4 Å². The van der Waals surface area contributed by atoms with Crippen LogP contribution in [-0.4, -0.2) is 66.8 Å². The highest BCUT2D eigenvalue weighted by Crippen LogP contribution is 2.34. The second kappa shape index (κ2) is 8.60. The number of rotatable bonds is 6. The Balaban J connectivity index is 1.63. The summed E-state index contributed by atoms with van der Waals surface area (Å²) in [5.41, 5.74) is 2.78. The Morgan fingerprint density at radius 2 is 2.04 bits per heavy atom. The van der Waals surface area contributed by atoms with E-state index < -0.39 is 0 Å². The normalized spacial score (nSPS) is 20.9. The monoisotopic (exact) mass is 332 g/mol. The van der Waals surface area contributed by atoms with E-state index in [1.54, 1.807) is 0 Å². The number of benzene rings is 1. The number of amides is 1. The summed E-state index contributed by atoms with van der Waals surface area (Å²) in [5, 5.41) is 9.48. The van der Waals surface area contributed by atoms with Crippen LogP contribution in [-0.2, 0) is 16.0 Å². The Bertz CT molecular complexity index is 543. The average Bonchev–Trinajstić information content (AvgIpc) is 2.65. The molecule has 1 saturated heterocycles. The number of ether oxygens (including phenoxy) is 1. The number of hydrogen-bond donors (Lipinski definition) is 1. The molecule has 1 aliphatic heterocycles. The van der Waals surface area contributed by atoms with Crippen LogP contribution in [0.4, 0.5) is 0 Å². The van der Waals surface area contributed by atoms with Gasteiger partial charge in [0.05, 0.1) is 19.8 Å². The van der Waals surface area contributed by atoms with Gasteiger partial charge in [-0.3, -0.25) is 9.69 Å². The standard InChI is InChI=1S/C19H28N2O3/c22-13-10-20(9-8-19(23)21-11-14-24-15-12-21)18-7-3-5-16-4-1-2-6-17(16)18/h1-2,4,6,18,22H,3,5,7-15H2/t18-/m1/s1.